The second kappa shape index (κ2) is 12.4. The van der Waals surface area contributed by atoms with Crippen molar-refractivity contribution in [1.29, 1.82) is 0 Å². The monoisotopic (exact) mass is 481 g/mol. The standard InChI is InChI=1S/C21H40INO3/c1-9-16(5)20(25)18(23(22)17(6)10-2)11-12-19(24)21(7,8)26-14-13-15(3)4/h15-18H,9-14H2,1-8H3. The number of Topliss-reactive ketones (excluding diaryl/α,β-unsaturated/α-hetero) is 2. The molecule has 0 bridgehead atoms. The van der Waals surface area contributed by atoms with Crippen LogP contribution in [0.1, 0.15) is 87.5 Å². The molecule has 5 heteroatoms. The molecule has 3 atom stereocenters. The largest absolute Gasteiger partial charge is 0.368 e. The maximum atomic E-state index is 12.9. The molecule has 0 saturated heterocycles. The Balaban J connectivity index is 4.95. The van der Waals surface area contributed by atoms with Crippen molar-refractivity contribution in [2.45, 2.75) is 105 Å². The zero-order valence-corrected chi connectivity index (χ0v) is 20.3. The van der Waals surface area contributed by atoms with Crippen LogP contribution >= 0.6 is 22.9 Å². The van der Waals surface area contributed by atoms with Crippen LogP contribution in [0.5, 0.6) is 0 Å². The van der Waals surface area contributed by atoms with Gasteiger partial charge in [0.05, 0.1) is 6.04 Å². The van der Waals surface area contributed by atoms with E-state index >= 15 is 0 Å². The molecule has 0 N–H and O–H groups in total. The highest BCUT2D eigenvalue weighted by Gasteiger charge is 2.33. The molecule has 0 rings (SSSR count). The second-order valence-electron chi connectivity index (χ2n) is 8.33. The first-order chi connectivity index (χ1) is 12.0. The summed E-state index contributed by atoms with van der Waals surface area (Å²) in [5.41, 5.74) is -0.786. The third-order valence-electron chi connectivity index (χ3n) is 5.21. The van der Waals surface area contributed by atoms with Crippen molar-refractivity contribution in [3.8, 4) is 0 Å². The lowest BCUT2D eigenvalue weighted by Gasteiger charge is -2.32. The van der Waals surface area contributed by atoms with Gasteiger partial charge in [0.25, 0.3) is 0 Å². The SMILES string of the molecule is CCC(C)C(=O)C(CCC(=O)C(C)(C)OCCC(C)C)N(I)C(C)CC. The average Bonchev–Trinajstić information content (AvgIpc) is 2.58. The molecule has 154 valence electrons. The molecule has 0 radical (unpaired) electrons. The quantitative estimate of drug-likeness (QED) is 0.239. The maximum Gasteiger partial charge on any atom is 0.164 e. The maximum absolute atomic E-state index is 12.9. The van der Waals surface area contributed by atoms with Gasteiger partial charge in [-0.05, 0) is 52.4 Å². The molecule has 0 aromatic rings. The van der Waals surface area contributed by atoms with Crippen molar-refractivity contribution in [3.05, 3.63) is 0 Å². The molecule has 0 aliphatic heterocycles. The molecular weight excluding hydrogens is 441 g/mol. The molecule has 0 saturated carbocycles. The summed E-state index contributed by atoms with van der Waals surface area (Å²) in [7, 11) is 0. The Kier molecular flexibility index (Phi) is 12.4. The van der Waals surface area contributed by atoms with E-state index in [2.05, 4.69) is 53.7 Å². The molecule has 3 unspecified atom stereocenters. The summed E-state index contributed by atoms with van der Waals surface area (Å²) in [6.07, 6.45) is 3.69. The van der Waals surface area contributed by atoms with Gasteiger partial charge in [0.1, 0.15) is 5.60 Å². The van der Waals surface area contributed by atoms with E-state index < -0.39 is 5.60 Å². The molecule has 0 spiro atoms. The van der Waals surface area contributed by atoms with Gasteiger partial charge in [-0.1, -0.05) is 34.6 Å². The predicted molar refractivity (Wildman–Crippen MR) is 118 cm³/mol. The molecule has 0 fully saturated rings. The molecule has 26 heavy (non-hydrogen) atoms. The Morgan fingerprint density at radius 2 is 1.62 bits per heavy atom. The van der Waals surface area contributed by atoms with Gasteiger partial charge in [0.2, 0.25) is 0 Å². The van der Waals surface area contributed by atoms with Crippen LogP contribution in [0.4, 0.5) is 0 Å². The van der Waals surface area contributed by atoms with E-state index in [1.807, 2.05) is 27.7 Å². The van der Waals surface area contributed by atoms with Gasteiger partial charge in [0, 0.05) is 47.9 Å². The molecule has 0 amide bonds. The summed E-state index contributed by atoms with van der Waals surface area (Å²) < 4.78 is 7.96. The first-order valence-electron chi connectivity index (χ1n) is 10.1. The summed E-state index contributed by atoms with van der Waals surface area (Å²) in [4.78, 5) is 25.6. The Morgan fingerprint density at radius 1 is 1.04 bits per heavy atom. The van der Waals surface area contributed by atoms with E-state index in [1.165, 1.54) is 0 Å². The number of carbonyl (C=O) groups excluding carboxylic acids is 2. The van der Waals surface area contributed by atoms with Crippen molar-refractivity contribution < 1.29 is 14.3 Å². The van der Waals surface area contributed by atoms with Crippen LogP contribution in [0.15, 0.2) is 0 Å². The smallest absolute Gasteiger partial charge is 0.164 e. The summed E-state index contributed by atoms with van der Waals surface area (Å²) in [6.45, 7) is 16.9. The van der Waals surface area contributed by atoms with E-state index in [1.54, 1.807) is 0 Å². The van der Waals surface area contributed by atoms with E-state index in [9.17, 15) is 9.59 Å². The third kappa shape index (κ3) is 8.79. The zero-order valence-electron chi connectivity index (χ0n) is 18.1. The van der Waals surface area contributed by atoms with Crippen LogP contribution < -0.4 is 0 Å². The van der Waals surface area contributed by atoms with Crippen LogP contribution in [-0.2, 0) is 14.3 Å². The van der Waals surface area contributed by atoms with Crippen LogP contribution in [0.2, 0.25) is 0 Å². The lowest BCUT2D eigenvalue weighted by molar-refractivity contribution is -0.141. The highest BCUT2D eigenvalue weighted by Crippen LogP contribution is 2.25. The Morgan fingerprint density at radius 3 is 2.08 bits per heavy atom. The molecule has 0 heterocycles. The first-order valence-corrected chi connectivity index (χ1v) is 11.1. The number of nitrogens with zero attached hydrogens (tertiary/aromatic N) is 1. The molecule has 4 nitrogen and oxygen atoms in total. The summed E-state index contributed by atoms with van der Waals surface area (Å²) in [6, 6.07) is 0.0925. The molecule has 0 aromatic carbocycles. The Hall–Kier alpha value is -0.0100. The Bertz CT molecular complexity index is 437. The zero-order chi connectivity index (χ0) is 20.5. The minimum atomic E-state index is -0.786. The first kappa shape index (κ1) is 26.0. The fraction of sp³-hybridized carbons (Fsp3) is 0.905. The van der Waals surface area contributed by atoms with Gasteiger partial charge in [0.15, 0.2) is 11.6 Å². The van der Waals surface area contributed by atoms with Gasteiger partial charge < -0.3 is 4.74 Å². The number of halogens is 1. The van der Waals surface area contributed by atoms with E-state index in [0.29, 0.717) is 31.4 Å². The van der Waals surface area contributed by atoms with Gasteiger partial charge in [-0.2, -0.15) is 0 Å². The number of rotatable bonds is 14. The minimum Gasteiger partial charge on any atom is -0.368 e. The van der Waals surface area contributed by atoms with Crippen LogP contribution in [0.25, 0.3) is 0 Å². The Labute approximate surface area is 175 Å². The minimum absolute atomic E-state index is 0.0201. The van der Waals surface area contributed by atoms with Crippen molar-refractivity contribution in [2.24, 2.45) is 11.8 Å². The van der Waals surface area contributed by atoms with E-state index in [-0.39, 0.29) is 23.5 Å². The third-order valence-corrected chi connectivity index (χ3v) is 6.83. The lowest BCUT2D eigenvalue weighted by Crippen LogP contribution is -2.43. The second-order valence-corrected chi connectivity index (χ2v) is 9.45. The normalized spacial score (nSPS) is 16.0. The summed E-state index contributed by atoms with van der Waals surface area (Å²) in [5.74, 6) is 0.902. The molecule has 0 aliphatic carbocycles. The molecular formula is C21H40INO3. The highest BCUT2D eigenvalue weighted by atomic mass is 127. The average molecular weight is 481 g/mol. The number of hydrogen-bond donors (Lipinski definition) is 0. The van der Waals surface area contributed by atoms with Crippen LogP contribution in [0.3, 0.4) is 0 Å². The summed E-state index contributed by atoms with van der Waals surface area (Å²) >= 11 is 2.26. The van der Waals surface area contributed by atoms with Crippen molar-refractivity contribution >= 4 is 34.4 Å². The predicted octanol–water partition coefficient (Wildman–Crippen LogP) is 5.61. The molecule has 0 aliphatic rings. The number of hydrogen-bond acceptors (Lipinski definition) is 4. The summed E-state index contributed by atoms with van der Waals surface area (Å²) in [5, 5.41) is 0. The van der Waals surface area contributed by atoms with Gasteiger partial charge in [-0.15, -0.1) is 0 Å². The highest BCUT2D eigenvalue weighted by molar-refractivity contribution is 14.1. The van der Waals surface area contributed by atoms with Crippen LogP contribution in [-0.4, -0.2) is 39.0 Å². The fourth-order valence-electron chi connectivity index (χ4n) is 2.60. The van der Waals surface area contributed by atoms with Gasteiger partial charge >= 0.3 is 0 Å². The van der Waals surface area contributed by atoms with E-state index in [0.717, 1.165) is 19.3 Å². The number of ether oxygens (including phenoxy) is 1. The lowest BCUT2D eigenvalue weighted by atomic mass is 9.90. The van der Waals surface area contributed by atoms with Gasteiger partial charge in [-0.3, -0.25) is 9.59 Å². The topological polar surface area (TPSA) is 46.6 Å². The van der Waals surface area contributed by atoms with E-state index in [4.69, 9.17) is 4.74 Å². The fourth-order valence-corrected chi connectivity index (χ4v) is 3.54. The van der Waals surface area contributed by atoms with Crippen LogP contribution in [0, 0.1) is 11.8 Å². The van der Waals surface area contributed by atoms with Crippen molar-refractivity contribution in [1.82, 2.24) is 3.11 Å². The number of carbonyl (C=O) groups is 2. The van der Waals surface area contributed by atoms with Crippen molar-refractivity contribution in [3.63, 3.8) is 0 Å². The molecule has 0 aromatic heterocycles. The van der Waals surface area contributed by atoms with Crippen molar-refractivity contribution in [2.75, 3.05) is 6.61 Å². The number of ketones is 2. The van der Waals surface area contributed by atoms with Gasteiger partial charge in [-0.25, -0.2) is 3.11 Å².